The van der Waals surface area contributed by atoms with Crippen LogP contribution in [0.3, 0.4) is 0 Å². The van der Waals surface area contributed by atoms with Gasteiger partial charge in [-0.2, -0.15) is 10.2 Å². The first-order valence-electron chi connectivity index (χ1n) is 6.33. The minimum atomic E-state index is -0.700. The van der Waals surface area contributed by atoms with Crippen molar-refractivity contribution in [1.82, 2.24) is 20.6 Å². The molecule has 9 nitrogen and oxygen atoms in total. The number of H-pyrrole nitrogens is 2. The minimum Gasteiger partial charge on any atom is -0.508 e. The molecule has 0 atom stereocenters. The van der Waals surface area contributed by atoms with Crippen LogP contribution in [0, 0.1) is 0 Å². The fraction of sp³-hybridized carbons (Fsp3) is 0.154. The molecule has 1 aromatic carbocycles. The number of aromatic amines is 2. The van der Waals surface area contributed by atoms with Crippen molar-refractivity contribution in [3.63, 3.8) is 0 Å². The number of phenols is 1. The molecule has 0 unspecified atom stereocenters. The molecule has 0 aliphatic heterocycles. The number of nitrogens with one attached hydrogen (secondary N) is 3. The summed E-state index contributed by atoms with van der Waals surface area (Å²) >= 11 is 0. The number of benzene rings is 1. The predicted molar refractivity (Wildman–Crippen MR) is 77.6 cm³/mol. The second-order valence-electron chi connectivity index (χ2n) is 4.34. The first kappa shape index (κ1) is 15.2. The summed E-state index contributed by atoms with van der Waals surface area (Å²) in [6, 6.07) is 6.36. The van der Waals surface area contributed by atoms with Crippen LogP contribution in [0.25, 0.3) is 0 Å². The number of rotatable bonds is 5. The first-order chi connectivity index (χ1) is 10.5. The van der Waals surface area contributed by atoms with Crippen LogP contribution in [0.15, 0.2) is 39.0 Å². The van der Waals surface area contributed by atoms with Crippen molar-refractivity contribution in [2.24, 2.45) is 5.10 Å². The van der Waals surface area contributed by atoms with Crippen LogP contribution in [-0.4, -0.2) is 32.4 Å². The monoisotopic (exact) mass is 303 g/mol. The van der Waals surface area contributed by atoms with E-state index in [1.54, 1.807) is 12.1 Å². The highest BCUT2D eigenvalue weighted by atomic mass is 16.3. The summed E-state index contributed by atoms with van der Waals surface area (Å²) < 4.78 is 0. The standard InChI is InChI=1S/C13H13N5O4/c19-9-3-1-2-8(6-9)7-14-17-11(20)5-4-10-12(21)15-13(22)18-16-10/h1-3,6-7,19H,4-5H2,(H,17,20)(H2,15,18,21,22). The predicted octanol–water partition coefficient (Wildman–Crippen LogP) is -0.753. The Morgan fingerprint density at radius 1 is 1.41 bits per heavy atom. The van der Waals surface area contributed by atoms with Crippen LogP contribution in [0.2, 0.25) is 0 Å². The Balaban J connectivity index is 1.85. The van der Waals surface area contributed by atoms with Crippen molar-refractivity contribution < 1.29 is 9.90 Å². The number of hydrazone groups is 1. The third kappa shape index (κ3) is 4.40. The lowest BCUT2D eigenvalue weighted by Gasteiger charge is -1.99. The minimum absolute atomic E-state index is 0.0144. The largest absolute Gasteiger partial charge is 0.508 e. The van der Waals surface area contributed by atoms with E-state index in [4.69, 9.17) is 0 Å². The zero-order valence-corrected chi connectivity index (χ0v) is 11.4. The Morgan fingerprint density at radius 3 is 2.95 bits per heavy atom. The van der Waals surface area contributed by atoms with Gasteiger partial charge < -0.3 is 5.11 Å². The highest BCUT2D eigenvalue weighted by molar-refractivity contribution is 5.82. The van der Waals surface area contributed by atoms with Gasteiger partial charge in [0.05, 0.1) is 6.21 Å². The molecule has 1 heterocycles. The molecule has 0 bridgehead atoms. The molecular weight excluding hydrogens is 290 g/mol. The van der Waals surface area contributed by atoms with Gasteiger partial charge in [0.1, 0.15) is 11.4 Å². The second-order valence-corrected chi connectivity index (χ2v) is 4.34. The van der Waals surface area contributed by atoms with Crippen molar-refractivity contribution in [2.45, 2.75) is 12.8 Å². The summed E-state index contributed by atoms with van der Waals surface area (Å²) in [6.07, 6.45) is 1.43. The van der Waals surface area contributed by atoms with E-state index < -0.39 is 17.2 Å². The fourth-order valence-corrected chi connectivity index (χ4v) is 1.61. The zero-order valence-electron chi connectivity index (χ0n) is 11.4. The topological polar surface area (TPSA) is 140 Å². The van der Waals surface area contributed by atoms with E-state index in [9.17, 15) is 19.5 Å². The molecular formula is C13H13N5O4. The molecule has 9 heteroatoms. The lowest BCUT2D eigenvalue weighted by molar-refractivity contribution is -0.121. The third-order valence-corrected chi connectivity index (χ3v) is 2.64. The zero-order chi connectivity index (χ0) is 15.9. The van der Waals surface area contributed by atoms with Crippen LogP contribution in [0.5, 0.6) is 5.75 Å². The summed E-state index contributed by atoms with van der Waals surface area (Å²) in [5.41, 5.74) is 1.65. The number of amides is 1. The van der Waals surface area contributed by atoms with Crippen LogP contribution in [0.1, 0.15) is 17.7 Å². The second kappa shape index (κ2) is 6.97. The van der Waals surface area contributed by atoms with E-state index in [1.807, 2.05) is 4.98 Å². The number of hydrogen-bond acceptors (Lipinski definition) is 6. The normalized spacial score (nSPS) is 10.7. The number of nitrogens with zero attached hydrogens (tertiary/aromatic N) is 2. The lowest BCUT2D eigenvalue weighted by Crippen LogP contribution is -2.28. The van der Waals surface area contributed by atoms with Gasteiger partial charge in [-0.15, -0.1) is 0 Å². The smallest absolute Gasteiger partial charge is 0.342 e. The van der Waals surface area contributed by atoms with Gasteiger partial charge in [-0.25, -0.2) is 15.3 Å². The Morgan fingerprint density at radius 2 is 2.23 bits per heavy atom. The van der Waals surface area contributed by atoms with Crippen LogP contribution < -0.4 is 16.7 Å². The molecule has 2 aromatic rings. The Labute approximate surface area is 123 Å². The highest BCUT2D eigenvalue weighted by Crippen LogP contribution is 2.08. The summed E-state index contributed by atoms with van der Waals surface area (Å²) in [4.78, 5) is 35.7. The maximum atomic E-state index is 11.6. The number of phenolic OH excluding ortho intramolecular Hbond substituents is 1. The van der Waals surface area contributed by atoms with Crippen molar-refractivity contribution >= 4 is 12.1 Å². The average Bonchev–Trinajstić information content (AvgIpc) is 2.46. The summed E-state index contributed by atoms with van der Waals surface area (Å²) in [6.45, 7) is 0. The molecule has 0 saturated carbocycles. The molecule has 0 spiro atoms. The Kier molecular flexibility index (Phi) is 4.81. The van der Waals surface area contributed by atoms with Crippen molar-refractivity contribution in [3.8, 4) is 5.75 Å². The van der Waals surface area contributed by atoms with E-state index in [2.05, 4.69) is 20.7 Å². The molecule has 2 rings (SSSR count). The number of carbonyl (C=O) groups excluding carboxylic acids is 1. The van der Waals surface area contributed by atoms with E-state index >= 15 is 0 Å². The molecule has 114 valence electrons. The van der Waals surface area contributed by atoms with Gasteiger partial charge in [0.2, 0.25) is 5.91 Å². The van der Waals surface area contributed by atoms with E-state index in [-0.39, 0.29) is 24.3 Å². The Hall–Kier alpha value is -3.23. The number of aromatic hydroxyl groups is 1. The summed E-state index contributed by atoms with van der Waals surface area (Å²) in [5, 5.41) is 18.6. The fourth-order valence-electron chi connectivity index (χ4n) is 1.61. The maximum absolute atomic E-state index is 11.6. The average molecular weight is 303 g/mol. The van der Waals surface area contributed by atoms with Crippen LogP contribution in [-0.2, 0) is 11.2 Å². The molecule has 0 aliphatic rings. The number of hydrogen-bond donors (Lipinski definition) is 4. The summed E-state index contributed by atoms with van der Waals surface area (Å²) in [7, 11) is 0. The van der Waals surface area contributed by atoms with Gasteiger partial charge in [-0.05, 0) is 17.7 Å². The molecule has 1 amide bonds. The van der Waals surface area contributed by atoms with E-state index in [0.29, 0.717) is 5.56 Å². The molecule has 22 heavy (non-hydrogen) atoms. The van der Waals surface area contributed by atoms with Gasteiger partial charge in [0.25, 0.3) is 5.56 Å². The molecule has 4 N–H and O–H groups in total. The van der Waals surface area contributed by atoms with Gasteiger partial charge >= 0.3 is 5.69 Å². The van der Waals surface area contributed by atoms with Gasteiger partial charge in [0.15, 0.2) is 0 Å². The lowest BCUT2D eigenvalue weighted by atomic mass is 10.2. The van der Waals surface area contributed by atoms with Gasteiger partial charge in [-0.1, -0.05) is 12.1 Å². The van der Waals surface area contributed by atoms with Crippen LogP contribution in [0.4, 0.5) is 0 Å². The molecule has 0 fully saturated rings. The highest BCUT2D eigenvalue weighted by Gasteiger charge is 2.06. The SMILES string of the molecule is O=C(CCc1n[nH]c(=O)[nH]c1=O)NN=Cc1cccc(O)c1. The molecule has 1 aromatic heterocycles. The number of carbonyl (C=O) groups is 1. The van der Waals surface area contributed by atoms with Crippen molar-refractivity contribution in [3.05, 3.63) is 56.4 Å². The van der Waals surface area contributed by atoms with Crippen molar-refractivity contribution in [1.29, 1.82) is 0 Å². The van der Waals surface area contributed by atoms with Gasteiger partial charge in [0, 0.05) is 12.8 Å². The van der Waals surface area contributed by atoms with Crippen LogP contribution >= 0.6 is 0 Å². The molecule has 0 saturated heterocycles. The first-order valence-corrected chi connectivity index (χ1v) is 6.33. The maximum Gasteiger partial charge on any atom is 0.342 e. The number of aromatic nitrogens is 3. The number of aryl methyl sites for hydroxylation is 1. The Bertz CT molecular complexity index is 808. The third-order valence-electron chi connectivity index (χ3n) is 2.64. The van der Waals surface area contributed by atoms with Gasteiger partial charge in [-0.3, -0.25) is 14.6 Å². The van der Waals surface area contributed by atoms with E-state index in [0.717, 1.165) is 0 Å². The summed E-state index contributed by atoms with van der Waals surface area (Å²) in [5.74, 6) is -0.317. The molecule has 0 aliphatic carbocycles. The van der Waals surface area contributed by atoms with E-state index in [1.165, 1.54) is 18.3 Å². The molecule has 0 radical (unpaired) electrons. The van der Waals surface area contributed by atoms with Crippen molar-refractivity contribution in [2.75, 3.05) is 0 Å². The quantitative estimate of drug-likeness (QED) is 0.425.